The molecule has 0 saturated heterocycles. The molecule has 0 aliphatic carbocycles. The summed E-state index contributed by atoms with van der Waals surface area (Å²) in [7, 11) is 1.58. The zero-order valence-corrected chi connectivity index (χ0v) is 16.6. The molecule has 7 nitrogen and oxygen atoms in total. The monoisotopic (exact) mass is 386 g/mol. The van der Waals surface area contributed by atoms with Gasteiger partial charge in [-0.15, -0.1) is 0 Å². The van der Waals surface area contributed by atoms with Crippen LogP contribution in [0.1, 0.15) is 28.2 Å². The molecule has 3 rings (SSSR count). The molecule has 0 spiro atoms. The number of thiazole rings is 1. The van der Waals surface area contributed by atoms with Gasteiger partial charge in [-0.25, -0.2) is 4.98 Å². The molecular weight excluding hydrogens is 364 g/mol. The minimum atomic E-state index is -0.157. The molecule has 0 fully saturated rings. The molecule has 0 unspecified atom stereocenters. The number of benzene rings is 1. The van der Waals surface area contributed by atoms with Gasteiger partial charge in [-0.05, 0) is 39.3 Å². The Morgan fingerprint density at radius 2 is 2.11 bits per heavy atom. The highest BCUT2D eigenvalue weighted by molar-refractivity contribution is 7.14. The lowest BCUT2D eigenvalue weighted by molar-refractivity contribution is -0.116. The summed E-state index contributed by atoms with van der Waals surface area (Å²) in [6.07, 6.45) is 0.564. The number of aromatic amines is 1. The number of hydrogen-bond acceptors (Lipinski definition) is 5. The Labute approximate surface area is 161 Å². The fraction of sp³-hybridized carbons (Fsp3) is 0.316. The second-order valence-corrected chi connectivity index (χ2v) is 7.46. The molecule has 0 bridgehead atoms. The Balaban J connectivity index is 1.71. The first-order valence-corrected chi connectivity index (χ1v) is 9.39. The van der Waals surface area contributed by atoms with Gasteiger partial charge in [-0.1, -0.05) is 17.4 Å². The van der Waals surface area contributed by atoms with Crippen molar-refractivity contribution in [1.29, 1.82) is 0 Å². The normalized spacial score (nSPS) is 10.8. The van der Waals surface area contributed by atoms with Crippen LogP contribution in [0, 0.1) is 20.8 Å². The zero-order valence-electron chi connectivity index (χ0n) is 15.8. The number of aromatic nitrogens is 3. The van der Waals surface area contributed by atoms with E-state index >= 15 is 0 Å². The van der Waals surface area contributed by atoms with Crippen molar-refractivity contribution in [2.24, 2.45) is 0 Å². The quantitative estimate of drug-likeness (QED) is 0.681. The van der Waals surface area contributed by atoms with E-state index in [0.29, 0.717) is 28.6 Å². The molecule has 0 aliphatic rings. The zero-order chi connectivity index (χ0) is 19.6. The summed E-state index contributed by atoms with van der Waals surface area (Å²) >= 11 is 1.46. The van der Waals surface area contributed by atoms with E-state index in [1.807, 2.05) is 26.8 Å². The third-order valence-corrected chi connectivity index (χ3v) is 5.42. The number of amides is 1. The predicted molar refractivity (Wildman–Crippen MR) is 106 cm³/mol. The maximum atomic E-state index is 12.7. The van der Waals surface area contributed by atoms with Crippen LogP contribution in [-0.4, -0.2) is 27.8 Å². The number of ether oxygens (including phenoxy) is 1. The van der Waals surface area contributed by atoms with Gasteiger partial charge in [0.25, 0.3) is 5.56 Å². The van der Waals surface area contributed by atoms with Gasteiger partial charge in [0.15, 0.2) is 0 Å². The van der Waals surface area contributed by atoms with Gasteiger partial charge >= 0.3 is 0 Å². The van der Waals surface area contributed by atoms with Crippen molar-refractivity contribution in [2.75, 3.05) is 12.4 Å². The second-order valence-electron chi connectivity index (χ2n) is 6.27. The van der Waals surface area contributed by atoms with Crippen molar-refractivity contribution >= 4 is 22.9 Å². The average molecular weight is 386 g/mol. The summed E-state index contributed by atoms with van der Waals surface area (Å²) in [5, 5.41) is 6.50. The van der Waals surface area contributed by atoms with Gasteiger partial charge < -0.3 is 10.1 Å². The number of nitrogens with one attached hydrogen (secondary N) is 2. The van der Waals surface area contributed by atoms with Crippen molar-refractivity contribution in [3.63, 3.8) is 0 Å². The Kier molecular flexibility index (Phi) is 5.46. The molecule has 142 valence electrons. The molecular formula is C19H22N4O3S. The van der Waals surface area contributed by atoms with Gasteiger partial charge in [0.2, 0.25) is 11.0 Å². The summed E-state index contributed by atoms with van der Waals surface area (Å²) in [5.74, 6) is 0.516. The predicted octanol–water partition coefficient (Wildman–Crippen LogP) is 3.13. The maximum Gasteiger partial charge on any atom is 0.276 e. The highest BCUT2D eigenvalue weighted by atomic mass is 32.1. The van der Waals surface area contributed by atoms with Crippen molar-refractivity contribution in [1.82, 2.24) is 14.8 Å². The first-order valence-electron chi connectivity index (χ1n) is 8.58. The Morgan fingerprint density at radius 3 is 2.78 bits per heavy atom. The van der Waals surface area contributed by atoms with Crippen LogP contribution in [0.4, 0.5) is 5.69 Å². The van der Waals surface area contributed by atoms with E-state index in [2.05, 4.69) is 15.4 Å². The smallest absolute Gasteiger partial charge is 0.276 e. The molecule has 27 heavy (non-hydrogen) atoms. The number of methoxy groups -OCH3 is 1. The van der Waals surface area contributed by atoms with Gasteiger partial charge in [0.1, 0.15) is 5.75 Å². The molecule has 0 aliphatic heterocycles. The molecule has 2 heterocycles. The van der Waals surface area contributed by atoms with E-state index in [1.54, 1.807) is 25.3 Å². The van der Waals surface area contributed by atoms with Crippen molar-refractivity contribution < 1.29 is 9.53 Å². The van der Waals surface area contributed by atoms with Gasteiger partial charge in [-0.3, -0.25) is 14.7 Å². The fourth-order valence-corrected chi connectivity index (χ4v) is 3.59. The maximum absolute atomic E-state index is 12.7. The lowest BCUT2D eigenvalue weighted by Crippen LogP contribution is -2.19. The average Bonchev–Trinajstić information content (AvgIpc) is 3.12. The minimum Gasteiger partial charge on any atom is -0.497 e. The van der Waals surface area contributed by atoms with Gasteiger partial charge in [0, 0.05) is 34.3 Å². The Morgan fingerprint density at radius 1 is 1.33 bits per heavy atom. The number of carbonyl (C=O) groups excluding carboxylic acids is 1. The molecule has 1 aromatic carbocycles. The fourth-order valence-electron chi connectivity index (χ4n) is 2.72. The van der Waals surface area contributed by atoms with Crippen LogP contribution in [0.15, 0.2) is 29.1 Å². The first kappa shape index (κ1) is 18.9. The summed E-state index contributed by atoms with van der Waals surface area (Å²) in [5.41, 5.74) is 2.76. The van der Waals surface area contributed by atoms with E-state index < -0.39 is 0 Å². The molecule has 0 saturated carbocycles. The summed E-state index contributed by atoms with van der Waals surface area (Å²) in [6, 6.07) is 7.16. The molecule has 2 aromatic heterocycles. The van der Waals surface area contributed by atoms with E-state index in [0.717, 1.165) is 16.3 Å². The topological polar surface area (TPSA) is 89.0 Å². The molecule has 2 N–H and O–H groups in total. The van der Waals surface area contributed by atoms with Crippen LogP contribution in [-0.2, 0) is 11.2 Å². The van der Waals surface area contributed by atoms with Crippen molar-refractivity contribution in [3.8, 4) is 10.9 Å². The van der Waals surface area contributed by atoms with Gasteiger partial charge in [0.05, 0.1) is 12.8 Å². The van der Waals surface area contributed by atoms with Crippen LogP contribution in [0.5, 0.6) is 5.75 Å². The largest absolute Gasteiger partial charge is 0.497 e. The number of hydrogen-bond donors (Lipinski definition) is 2. The van der Waals surface area contributed by atoms with E-state index in [1.165, 1.54) is 16.0 Å². The summed E-state index contributed by atoms with van der Waals surface area (Å²) in [4.78, 5) is 30.5. The number of aryl methyl sites for hydroxylation is 3. The SMILES string of the molecule is COc1cccc(NC(=O)CCc2c(C)[nH]n(-c3nc(C)c(C)s3)c2=O)c1. The van der Waals surface area contributed by atoms with Crippen LogP contribution >= 0.6 is 11.3 Å². The van der Waals surface area contributed by atoms with Gasteiger partial charge in [-0.2, -0.15) is 4.68 Å². The van der Waals surface area contributed by atoms with Crippen LogP contribution in [0.2, 0.25) is 0 Å². The number of H-pyrrole nitrogens is 1. The summed E-state index contributed by atoms with van der Waals surface area (Å²) < 4.78 is 6.60. The number of anilines is 1. The van der Waals surface area contributed by atoms with Crippen LogP contribution in [0.3, 0.4) is 0 Å². The molecule has 0 radical (unpaired) electrons. The number of carbonyl (C=O) groups is 1. The third kappa shape index (κ3) is 4.11. The van der Waals surface area contributed by atoms with E-state index in [-0.39, 0.29) is 17.9 Å². The van der Waals surface area contributed by atoms with Crippen LogP contribution < -0.4 is 15.6 Å². The highest BCUT2D eigenvalue weighted by Gasteiger charge is 2.16. The van der Waals surface area contributed by atoms with E-state index in [4.69, 9.17) is 4.74 Å². The first-order chi connectivity index (χ1) is 12.9. The number of rotatable bonds is 6. The highest BCUT2D eigenvalue weighted by Crippen LogP contribution is 2.20. The lowest BCUT2D eigenvalue weighted by Gasteiger charge is -2.06. The standard InChI is InChI=1S/C19H22N4O3S/c1-11-13(3)27-19(20-11)23-18(25)16(12(2)22-23)8-9-17(24)21-14-6-5-7-15(10-14)26-4/h5-7,10,22H,8-9H2,1-4H3,(H,21,24). The summed E-state index contributed by atoms with van der Waals surface area (Å²) in [6.45, 7) is 5.72. The lowest BCUT2D eigenvalue weighted by atomic mass is 10.1. The van der Waals surface area contributed by atoms with Crippen molar-refractivity contribution in [3.05, 3.63) is 56.4 Å². The molecule has 8 heteroatoms. The molecule has 0 atom stereocenters. The third-order valence-electron chi connectivity index (χ3n) is 4.36. The second kappa shape index (κ2) is 7.79. The minimum absolute atomic E-state index is 0.157. The Bertz CT molecular complexity index is 1010. The number of nitrogens with zero attached hydrogens (tertiary/aromatic N) is 2. The van der Waals surface area contributed by atoms with E-state index in [9.17, 15) is 9.59 Å². The molecule has 1 amide bonds. The molecule has 3 aromatic rings. The Hall–Kier alpha value is -2.87. The van der Waals surface area contributed by atoms with Crippen molar-refractivity contribution in [2.45, 2.75) is 33.6 Å². The van der Waals surface area contributed by atoms with Crippen LogP contribution in [0.25, 0.3) is 5.13 Å².